The van der Waals surface area contributed by atoms with E-state index >= 15 is 0 Å². The van der Waals surface area contributed by atoms with Crippen molar-refractivity contribution in [2.24, 2.45) is 0 Å². The maximum absolute atomic E-state index is 11.9. The summed E-state index contributed by atoms with van der Waals surface area (Å²) >= 11 is 0. The van der Waals surface area contributed by atoms with Gasteiger partial charge in [0.25, 0.3) is 0 Å². The number of allylic oxidation sites excluding steroid dienone is 1. The van der Waals surface area contributed by atoms with Crippen LogP contribution in [-0.2, 0) is 24.1 Å². The average Bonchev–Trinajstić information content (AvgIpc) is 2.52. The smallest absolute Gasteiger partial charge is 0.349 e. The molecular formula is C16H19NO6S. The van der Waals surface area contributed by atoms with Crippen LogP contribution in [0.2, 0.25) is 0 Å². The fourth-order valence-corrected chi connectivity index (χ4v) is 3.41. The Morgan fingerprint density at radius 3 is 2.29 bits per heavy atom. The van der Waals surface area contributed by atoms with E-state index in [0.717, 1.165) is 5.69 Å². The second-order valence-electron chi connectivity index (χ2n) is 5.44. The van der Waals surface area contributed by atoms with Crippen LogP contribution in [0.5, 0.6) is 0 Å². The third-order valence-corrected chi connectivity index (χ3v) is 5.03. The van der Waals surface area contributed by atoms with E-state index in [1.807, 2.05) is 4.90 Å². The average molecular weight is 353 g/mol. The van der Waals surface area contributed by atoms with Gasteiger partial charge >= 0.3 is 11.9 Å². The fraction of sp³-hybridized carbons (Fsp3) is 0.375. The third-order valence-electron chi connectivity index (χ3n) is 3.42. The molecule has 0 spiro atoms. The maximum atomic E-state index is 11.9. The van der Waals surface area contributed by atoms with Gasteiger partial charge in [0.2, 0.25) is 0 Å². The van der Waals surface area contributed by atoms with Crippen molar-refractivity contribution in [1.29, 1.82) is 0 Å². The number of carbonyl (C=O) groups excluding carboxylic acids is 2. The van der Waals surface area contributed by atoms with Crippen molar-refractivity contribution in [3.63, 3.8) is 0 Å². The van der Waals surface area contributed by atoms with Crippen molar-refractivity contribution >= 4 is 27.5 Å². The van der Waals surface area contributed by atoms with Crippen molar-refractivity contribution < 1.29 is 27.5 Å². The highest BCUT2D eigenvalue weighted by Gasteiger charge is 2.22. The zero-order chi connectivity index (χ0) is 17.7. The minimum Gasteiger partial charge on any atom is -0.450 e. The van der Waals surface area contributed by atoms with Crippen LogP contribution < -0.4 is 4.90 Å². The topological polar surface area (TPSA) is 90.0 Å². The van der Waals surface area contributed by atoms with E-state index in [-0.39, 0.29) is 17.3 Å². The Labute approximate surface area is 140 Å². The second-order valence-corrected chi connectivity index (χ2v) is 7.74. The first-order chi connectivity index (χ1) is 11.3. The number of ether oxygens (including phenoxy) is 2. The summed E-state index contributed by atoms with van der Waals surface area (Å²) in [4.78, 5) is 25.1. The summed E-state index contributed by atoms with van der Waals surface area (Å²) in [5, 5.41) is 0. The fourth-order valence-electron chi connectivity index (χ4n) is 2.21. The first-order valence-electron chi connectivity index (χ1n) is 7.35. The molecule has 7 nitrogen and oxygen atoms in total. The molecule has 1 aromatic rings. The Morgan fingerprint density at radius 2 is 1.75 bits per heavy atom. The van der Waals surface area contributed by atoms with Crippen LogP contribution in [0.4, 0.5) is 5.69 Å². The number of esters is 2. The monoisotopic (exact) mass is 353 g/mol. The van der Waals surface area contributed by atoms with E-state index in [1.54, 1.807) is 24.3 Å². The third kappa shape index (κ3) is 5.09. The lowest BCUT2D eigenvalue weighted by Crippen LogP contribution is -2.40. The first kappa shape index (κ1) is 18.0. The number of hydrogen-bond acceptors (Lipinski definition) is 7. The highest BCUT2D eigenvalue weighted by Crippen LogP contribution is 2.18. The molecule has 0 bridgehead atoms. The molecule has 1 fully saturated rings. The van der Waals surface area contributed by atoms with Gasteiger partial charge in [0.1, 0.15) is 0 Å². The molecule has 24 heavy (non-hydrogen) atoms. The van der Waals surface area contributed by atoms with Crippen LogP contribution >= 0.6 is 0 Å². The summed E-state index contributed by atoms with van der Waals surface area (Å²) in [7, 11) is -2.94. The van der Waals surface area contributed by atoms with E-state index in [2.05, 4.69) is 11.3 Å². The highest BCUT2D eigenvalue weighted by molar-refractivity contribution is 7.91. The van der Waals surface area contributed by atoms with Crippen LogP contribution in [0.15, 0.2) is 36.6 Å². The van der Waals surface area contributed by atoms with E-state index < -0.39 is 28.4 Å². The summed E-state index contributed by atoms with van der Waals surface area (Å²) in [6.45, 7) is 5.31. The first-order valence-corrected chi connectivity index (χ1v) is 9.18. The van der Waals surface area contributed by atoms with Gasteiger partial charge in [-0.05, 0) is 31.2 Å². The summed E-state index contributed by atoms with van der Waals surface area (Å²) in [6, 6.07) is 6.59. The number of benzene rings is 1. The van der Waals surface area contributed by atoms with Crippen LogP contribution in [0.25, 0.3) is 0 Å². The number of anilines is 1. The van der Waals surface area contributed by atoms with Crippen LogP contribution in [0, 0.1) is 0 Å². The van der Waals surface area contributed by atoms with Gasteiger partial charge in [0.15, 0.2) is 16.4 Å². The maximum Gasteiger partial charge on any atom is 0.349 e. The molecule has 0 saturated carbocycles. The van der Waals surface area contributed by atoms with Crippen molar-refractivity contribution in [2.75, 3.05) is 36.1 Å². The van der Waals surface area contributed by atoms with Gasteiger partial charge in [0, 0.05) is 18.8 Å². The molecule has 0 radical (unpaired) electrons. The number of nitrogens with zero attached hydrogens (tertiary/aromatic N) is 1. The normalized spacial score (nSPS) is 16.3. The molecule has 0 aromatic heterocycles. The molecule has 0 amide bonds. The largest absolute Gasteiger partial charge is 0.450 e. The van der Waals surface area contributed by atoms with Crippen LogP contribution in [-0.4, -0.2) is 51.6 Å². The summed E-state index contributed by atoms with van der Waals surface area (Å²) in [5.74, 6) is -0.851. The molecule has 1 heterocycles. The Bertz CT molecular complexity index is 724. The van der Waals surface area contributed by atoms with Crippen LogP contribution in [0.1, 0.15) is 17.3 Å². The zero-order valence-corrected chi connectivity index (χ0v) is 14.2. The van der Waals surface area contributed by atoms with Gasteiger partial charge in [-0.1, -0.05) is 6.58 Å². The Balaban J connectivity index is 1.90. The standard InChI is InChI=1S/C16H19NO6S/c1-12(2)23-15(18)11-22-16(19)13-3-5-14(6-4-13)17-7-9-24(20,21)10-8-17/h3-6H,1,7-11H2,2H3. The van der Waals surface area contributed by atoms with Gasteiger partial charge in [-0.2, -0.15) is 0 Å². The highest BCUT2D eigenvalue weighted by atomic mass is 32.2. The molecule has 0 unspecified atom stereocenters. The SMILES string of the molecule is C=C(C)OC(=O)COC(=O)c1ccc(N2CCS(=O)(=O)CC2)cc1. The van der Waals surface area contributed by atoms with Crippen molar-refractivity contribution in [3.05, 3.63) is 42.2 Å². The van der Waals surface area contributed by atoms with E-state index in [9.17, 15) is 18.0 Å². The summed E-state index contributed by atoms with van der Waals surface area (Å²) < 4.78 is 32.4. The van der Waals surface area contributed by atoms with Crippen molar-refractivity contribution in [1.82, 2.24) is 0 Å². The molecule has 0 aliphatic carbocycles. The lowest BCUT2D eigenvalue weighted by Gasteiger charge is -2.28. The number of rotatable bonds is 5. The Morgan fingerprint density at radius 1 is 1.17 bits per heavy atom. The molecule has 130 valence electrons. The Kier molecular flexibility index (Phi) is 5.61. The van der Waals surface area contributed by atoms with Crippen molar-refractivity contribution in [2.45, 2.75) is 6.92 Å². The van der Waals surface area contributed by atoms with Gasteiger partial charge in [-0.15, -0.1) is 0 Å². The molecular weight excluding hydrogens is 334 g/mol. The molecule has 0 atom stereocenters. The molecule has 1 aliphatic rings. The molecule has 1 aliphatic heterocycles. The molecule has 1 saturated heterocycles. The number of carbonyl (C=O) groups is 2. The second kappa shape index (κ2) is 7.48. The zero-order valence-electron chi connectivity index (χ0n) is 13.4. The van der Waals surface area contributed by atoms with Crippen LogP contribution in [0.3, 0.4) is 0 Å². The summed E-state index contributed by atoms with van der Waals surface area (Å²) in [5.41, 5.74) is 1.13. The number of hydrogen-bond donors (Lipinski definition) is 0. The minimum atomic E-state index is -2.94. The summed E-state index contributed by atoms with van der Waals surface area (Å²) in [6.07, 6.45) is 0. The van der Waals surface area contributed by atoms with Gasteiger partial charge in [-0.25, -0.2) is 18.0 Å². The van der Waals surface area contributed by atoms with E-state index in [1.165, 1.54) is 6.92 Å². The number of sulfone groups is 1. The quantitative estimate of drug-likeness (QED) is 0.579. The molecule has 0 N–H and O–H groups in total. The van der Waals surface area contributed by atoms with Gasteiger partial charge in [-0.3, -0.25) is 0 Å². The van der Waals surface area contributed by atoms with E-state index in [0.29, 0.717) is 18.7 Å². The lowest BCUT2D eigenvalue weighted by atomic mass is 10.2. The molecule has 8 heteroatoms. The lowest BCUT2D eigenvalue weighted by molar-refractivity contribution is -0.142. The van der Waals surface area contributed by atoms with Crippen molar-refractivity contribution in [3.8, 4) is 0 Å². The predicted molar refractivity (Wildman–Crippen MR) is 88.5 cm³/mol. The molecule has 2 rings (SSSR count). The van der Waals surface area contributed by atoms with Gasteiger partial charge < -0.3 is 14.4 Å². The van der Waals surface area contributed by atoms with E-state index in [4.69, 9.17) is 4.74 Å². The molecule has 1 aromatic carbocycles. The van der Waals surface area contributed by atoms with Gasteiger partial charge in [0.05, 0.1) is 22.8 Å². The Hall–Kier alpha value is -2.35. The predicted octanol–water partition coefficient (Wildman–Crippen LogP) is 1.16. The minimum absolute atomic E-state index is 0.127.